The van der Waals surface area contributed by atoms with Gasteiger partial charge in [-0.1, -0.05) is 35.9 Å². The molecule has 2 aromatic rings. The van der Waals surface area contributed by atoms with E-state index in [1.54, 1.807) is 6.07 Å². The molecular weight excluding hydrogens is 347 g/mol. The molecule has 0 aliphatic carbocycles. The third kappa shape index (κ3) is 2.32. The fourth-order valence-electron chi connectivity index (χ4n) is 2.35. The Morgan fingerprint density at radius 2 is 2.05 bits per heavy atom. The Hall–Kier alpha value is -1.10. The smallest absolute Gasteiger partial charge is 0.148 e. The number of para-hydroxylation sites is 1. The van der Waals surface area contributed by atoms with E-state index < -0.39 is 18.0 Å². The highest BCUT2D eigenvalue weighted by Gasteiger charge is 2.32. The van der Waals surface area contributed by atoms with Crippen LogP contribution in [0.15, 0.2) is 40.9 Å². The summed E-state index contributed by atoms with van der Waals surface area (Å²) in [5.74, 6) is 0.119. The Balaban J connectivity index is 1.88. The molecule has 5 heteroatoms. The van der Waals surface area contributed by atoms with Crippen LogP contribution in [0.1, 0.15) is 17.2 Å². The summed E-state index contributed by atoms with van der Waals surface area (Å²) in [6, 6.07) is 10.7. The number of aliphatic hydroxyl groups excluding tert-OH is 1. The highest BCUT2D eigenvalue weighted by molar-refractivity contribution is 9.10. The molecule has 2 unspecified atom stereocenters. The van der Waals surface area contributed by atoms with E-state index in [0.29, 0.717) is 10.9 Å². The Kier molecular flexibility index (Phi) is 3.71. The van der Waals surface area contributed by atoms with Crippen LogP contribution < -0.4 is 4.74 Å². The predicted molar refractivity (Wildman–Crippen MR) is 78.6 cm³/mol. The molecule has 104 valence electrons. The van der Waals surface area contributed by atoms with E-state index >= 15 is 0 Å². The van der Waals surface area contributed by atoms with Crippen molar-refractivity contribution in [3.63, 3.8) is 0 Å². The van der Waals surface area contributed by atoms with Crippen molar-refractivity contribution in [2.24, 2.45) is 0 Å². The van der Waals surface area contributed by atoms with Gasteiger partial charge in [-0.15, -0.1) is 0 Å². The van der Waals surface area contributed by atoms with E-state index in [1.165, 1.54) is 6.07 Å². The molecule has 0 saturated carbocycles. The van der Waals surface area contributed by atoms with Gasteiger partial charge in [-0.2, -0.15) is 0 Å². The summed E-state index contributed by atoms with van der Waals surface area (Å²) in [6.45, 7) is 0. The highest BCUT2D eigenvalue weighted by atomic mass is 79.9. The van der Waals surface area contributed by atoms with Crippen molar-refractivity contribution < 1.29 is 14.2 Å². The molecule has 2 nitrogen and oxygen atoms in total. The Bertz CT molecular complexity index is 637. The zero-order chi connectivity index (χ0) is 14.3. The van der Waals surface area contributed by atoms with E-state index in [4.69, 9.17) is 16.3 Å². The number of halogens is 3. The minimum atomic E-state index is -1.06. The molecule has 0 aromatic heterocycles. The summed E-state index contributed by atoms with van der Waals surface area (Å²) in [5, 5.41) is 10.3. The van der Waals surface area contributed by atoms with E-state index in [0.717, 1.165) is 11.3 Å². The second-order valence-corrected chi connectivity index (χ2v) is 5.91. The van der Waals surface area contributed by atoms with Gasteiger partial charge in [-0.05, 0) is 33.6 Å². The number of benzene rings is 2. The van der Waals surface area contributed by atoms with Crippen molar-refractivity contribution >= 4 is 27.5 Å². The van der Waals surface area contributed by atoms with Crippen LogP contribution in [-0.2, 0) is 6.42 Å². The number of ether oxygens (including phenoxy) is 1. The molecule has 0 spiro atoms. The van der Waals surface area contributed by atoms with Gasteiger partial charge < -0.3 is 9.84 Å². The molecule has 0 amide bonds. The quantitative estimate of drug-likeness (QED) is 0.813. The van der Waals surface area contributed by atoms with Gasteiger partial charge in [-0.25, -0.2) is 4.39 Å². The second-order valence-electron chi connectivity index (χ2n) is 4.68. The first-order valence-corrected chi connectivity index (χ1v) is 7.31. The van der Waals surface area contributed by atoms with Crippen LogP contribution in [-0.4, -0.2) is 11.2 Å². The van der Waals surface area contributed by atoms with Crippen LogP contribution in [0.25, 0.3) is 0 Å². The molecule has 2 aromatic carbocycles. The predicted octanol–water partition coefficient (Wildman–Crippen LogP) is 4.28. The molecule has 1 aliphatic rings. The summed E-state index contributed by atoms with van der Waals surface area (Å²) in [5.41, 5.74) is 1.16. The fourth-order valence-corrected chi connectivity index (χ4v) is 2.83. The summed E-state index contributed by atoms with van der Waals surface area (Å²) >= 11 is 9.00. The van der Waals surface area contributed by atoms with E-state index in [1.807, 2.05) is 24.3 Å². The van der Waals surface area contributed by atoms with Crippen molar-refractivity contribution in [1.82, 2.24) is 0 Å². The van der Waals surface area contributed by atoms with Crippen molar-refractivity contribution in [3.8, 4) is 5.75 Å². The van der Waals surface area contributed by atoms with Gasteiger partial charge in [0.05, 0.1) is 5.02 Å². The standard InChI is InChI=1S/C15H11BrClFO2/c16-10-6-5-9(14(18)13(10)17)15(19)12-7-8-3-1-2-4-11(8)20-12/h1-6,12,15,19H,7H2. The number of aliphatic hydroxyl groups is 1. The molecule has 20 heavy (non-hydrogen) atoms. The lowest BCUT2D eigenvalue weighted by molar-refractivity contribution is 0.0467. The number of hydrogen-bond donors (Lipinski definition) is 1. The second kappa shape index (κ2) is 5.35. The van der Waals surface area contributed by atoms with E-state index in [2.05, 4.69) is 15.9 Å². The summed E-state index contributed by atoms with van der Waals surface area (Å²) in [6.07, 6.45) is -1.02. The average Bonchev–Trinajstić information content (AvgIpc) is 2.88. The lowest BCUT2D eigenvalue weighted by atomic mass is 10.00. The van der Waals surface area contributed by atoms with Crippen LogP contribution in [0.2, 0.25) is 5.02 Å². The van der Waals surface area contributed by atoms with Gasteiger partial charge >= 0.3 is 0 Å². The first kappa shape index (κ1) is 13.9. The summed E-state index contributed by atoms with van der Waals surface area (Å²) in [7, 11) is 0. The van der Waals surface area contributed by atoms with E-state index in [-0.39, 0.29) is 10.6 Å². The van der Waals surface area contributed by atoms with Gasteiger partial charge in [0.25, 0.3) is 0 Å². The SMILES string of the molecule is OC(c1ccc(Br)c(Cl)c1F)C1Cc2ccccc2O1. The average molecular weight is 358 g/mol. The molecule has 3 rings (SSSR count). The van der Waals surface area contributed by atoms with Crippen LogP contribution in [0.5, 0.6) is 5.75 Å². The van der Waals surface area contributed by atoms with Crippen LogP contribution in [0.3, 0.4) is 0 Å². The van der Waals surface area contributed by atoms with Crippen LogP contribution in [0, 0.1) is 5.82 Å². The van der Waals surface area contributed by atoms with Gasteiger partial charge in [0.2, 0.25) is 0 Å². The zero-order valence-corrected chi connectivity index (χ0v) is 12.7. The molecule has 1 aliphatic heterocycles. The van der Waals surface area contributed by atoms with Gasteiger partial charge in [0.15, 0.2) is 0 Å². The van der Waals surface area contributed by atoms with Crippen molar-refractivity contribution in [2.45, 2.75) is 18.6 Å². The van der Waals surface area contributed by atoms with Crippen molar-refractivity contribution in [2.75, 3.05) is 0 Å². The topological polar surface area (TPSA) is 29.5 Å². The van der Waals surface area contributed by atoms with Gasteiger partial charge in [0.1, 0.15) is 23.8 Å². The lowest BCUT2D eigenvalue weighted by Crippen LogP contribution is -2.24. The molecular formula is C15H11BrClFO2. The van der Waals surface area contributed by atoms with Crippen LogP contribution >= 0.6 is 27.5 Å². The first-order valence-electron chi connectivity index (χ1n) is 6.14. The van der Waals surface area contributed by atoms with Crippen molar-refractivity contribution in [1.29, 1.82) is 0 Å². The van der Waals surface area contributed by atoms with E-state index in [9.17, 15) is 9.50 Å². The number of fused-ring (bicyclic) bond motifs is 1. The third-order valence-electron chi connectivity index (χ3n) is 3.41. The van der Waals surface area contributed by atoms with Gasteiger partial charge in [-0.3, -0.25) is 0 Å². The maximum Gasteiger partial charge on any atom is 0.148 e. The summed E-state index contributed by atoms with van der Waals surface area (Å²) < 4.78 is 20.3. The molecule has 2 atom stereocenters. The highest BCUT2D eigenvalue weighted by Crippen LogP contribution is 2.37. The minimum Gasteiger partial charge on any atom is -0.487 e. The maximum absolute atomic E-state index is 14.1. The molecule has 1 N–H and O–H groups in total. The zero-order valence-electron chi connectivity index (χ0n) is 10.3. The van der Waals surface area contributed by atoms with Crippen LogP contribution in [0.4, 0.5) is 4.39 Å². The normalized spacial score (nSPS) is 18.5. The Morgan fingerprint density at radius 3 is 2.80 bits per heavy atom. The lowest BCUT2D eigenvalue weighted by Gasteiger charge is -2.19. The Labute approximate surface area is 129 Å². The number of rotatable bonds is 2. The largest absolute Gasteiger partial charge is 0.487 e. The molecule has 0 radical (unpaired) electrons. The molecule has 0 bridgehead atoms. The fraction of sp³-hybridized carbons (Fsp3) is 0.200. The number of hydrogen-bond acceptors (Lipinski definition) is 2. The first-order chi connectivity index (χ1) is 9.58. The molecule has 0 fully saturated rings. The minimum absolute atomic E-state index is 0.0305. The monoisotopic (exact) mass is 356 g/mol. The Morgan fingerprint density at radius 1 is 1.30 bits per heavy atom. The van der Waals surface area contributed by atoms with Crippen molar-refractivity contribution in [3.05, 3.63) is 62.8 Å². The molecule has 1 heterocycles. The summed E-state index contributed by atoms with van der Waals surface area (Å²) in [4.78, 5) is 0. The van der Waals surface area contributed by atoms with Gasteiger partial charge in [0, 0.05) is 16.5 Å². The maximum atomic E-state index is 14.1. The molecule has 0 saturated heterocycles. The third-order valence-corrected chi connectivity index (χ3v) is 4.67.